The molecule has 0 saturated carbocycles. The van der Waals surface area contributed by atoms with Crippen LogP contribution in [0.1, 0.15) is 36.7 Å². The first kappa shape index (κ1) is 14.9. The minimum absolute atomic E-state index is 0.353. The van der Waals surface area contributed by atoms with Gasteiger partial charge in [0.05, 0.1) is 0 Å². The highest BCUT2D eigenvalue weighted by Gasteiger charge is 2.11. The summed E-state index contributed by atoms with van der Waals surface area (Å²) in [6.45, 7) is 4.94. The predicted octanol–water partition coefficient (Wildman–Crippen LogP) is 2.93. The van der Waals surface area contributed by atoms with E-state index in [1.165, 1.54) is 11.5 Å². The number of aromatic nitrogens is 2. The monoisotopic (exact) mass is 306 g/mol. The Morgan fingerprint density at radius 1 is 1.45 bits per heavy atom. The minimum atomic E-state index is 0.353. The molecule has 0 saturated heterocycles. The standard InChI is InChI=1S/C14H18N4S2/c1-9(2)13-16-14(20-17-13)18(3)8-10-5-4-6-11(7-10)12(15)19/h4-7,9H,8H2,1-3H3,(H2,15,19). The van der Waals surface area contributed by atoms with Crippen LogP contribution in [0.4, 0.5) is 5.13 Å². The highest BCUT2D eigenvalue weighted by Crippen LogP contribution is 2.21. The van der Waals surface area contributed by atoms with Crippen molar-refractivity contribution in [2.45, 2.75) is 26.3 Å². The third-order valence-electron chi connectivity index (χ3n) is 2.91. The van der Waals surface area contributed by atoms with E-state index in [1.54, 1.807) is 0 Å². The first-order chi connectivity index (χ1) is 9.47. The van der Waals surface area contributed by atoms with Gasteiger partial charge in [0.1, 0.15) is 10.8 Å². The molecule has 4 nitrogen and oxygen atoms in total. The van der Waals surface area contributed by atoms with Crippen LogP contribution in [-0.2, 0) is 6.54 Å². The second-order valence-electron chi connectivity index (χ2n) is 5.01. The maximum atomic E-state index is 5.66. The summed E-state index contributed by atoms with van der Waals surface area (Å²) in [5.41, 5.74) is 7.71. The molecule has 0 aliphatic heterocycles. The van der Waals surface area contributed by atoms with Gasteiger partial charge in [0.2, 0.25) is 5.13 Å². The van der Waals surface area contributed by atoms with E-state index < -0.39 is 0 Å². The quantitative estimate of drug-likeness (QED) is 0.861. The fourth-order valence-corrected chi connectivity index (χ4v) is 2.67. The SMILES string of the molecule is CC(C)c1nsc(N(C)Cc2cccc(C(N)=S)c2)n1. The molecular weight excluding hydrogens is 288 g/mol. The summed E-state index contributed by atoms with van der Waals surface area (Å²) in [5, 5.41) is 0.925. The maximum Gasteiger partial charge on any atom is 0.205 e. The van der Waals surface area contributed by atoms with Crippen LogP contribution in [0.2, 0.25) is 0 Å². The molecule has 6 heteroatoms. The molecule has 0 amide bonds. The molecule has 1 aromatic carbocycles. The molecule has 2 N–H and O–H groups in total. The number of thiocarbonyl (C=S) groups is 1. The van der Waals surface area contributed by atoms with Gasteiger partial charge in [0.15, 0.2) is 0 Å². The summed E-state index contributed by atoms with van der Waals surface area (Å²) in [5.74, 6) is 1.25. The van der Waals surface area contributed by atoms with E-state index in [1.807, 2.05) is 25.2 Å². The molecule has 0 unspecified atom stereocenters. The molecule has 0 atom stereocenters. The van der Waals surface area contributed by atoms with Crippen LogP contribution < -0.4 is 10.6 Å². The van der Waals surface area contributed by atoms with E-state index >= 15 is 0 Å². The number of hydrogen-bond donors (Lipinski definition) is 1. The smallest absolute Gasteiger partial charge is 0.205 e. The summed E-state index contributed by atoms with van der Waals surface area (Å²) in [4.78, 5) is 7.06. The number of hydrogen-bond acceptors (Lipinski definition) is 5. The lowest BCUT2D eigenvalue weighted by Crippen LogP contribution is -2.17. The second kappa shape index (κ2) is 6.28. The third kappa shape index (κ3) is 3.52. The van der Waals surface area contributed by atoms with Gasteiger partial charge in [-0.15, -0.1) is 0 Å². The minimum Gasteiger partial charge on any atom is -0.389 e. The van der Waals surface area contributed by atoms with Gasteiger partial charge in [0, 0.05) is 36.6 Å². The van der Waals surface area contributed by atoms with Crippen molar-refractivity contribution in [3.05, 3.63) is 41.2 Å². The van der Waals surface area contributed by atoms with Crippen molar-refractivity contribution >= 4 is 33.9 Å². The van der Waals surface area contributed by atoms with Crippen LogP contribution in [0.25, 0.3) is 0 Å². The molecule has 0 radical (unpaired) electrons. The van der Waals surface area contributed by atoms with E-state index in [0.717, 1.165) is 28.6 Å². The van der Waals surface area contributed by atoms with E-state index in [4.69, 9.17) is 18.0 Å². The zero-order valence-corrected chi connectivity index (χ0v) is 13.5. The Hall–Kier alpha value is -1.53. The first-order valence-corrected chi connectivity index (χ1v) is 7.59. The Bertz CT molecular complexity index is 607. The zero-order chi connectivity index (χ0) is 14.7. The molecule has 1 aromatic heterocycles. The summed E-state index contributed by atoms with van der Waals surface area (Å²) < 4.78 is 4.37. The number of anilines is 1. The van der Waals surface area contributed by atoms with Gasteiger partial charge in [-0.05, 0) is 11.6 Å². The molecule has 20 heavy (non-hydrogen) atoms. The van der Waals surface area contributed by atoms with Gasteiger partial charge in [-0.25, -0.2) is 4.98 Å². The molecule has 2 aromatic rings. The molecular formula is C14H18N4S2. The number of nitrogens with two attached hydrogens (primary N) is 1. The maximum absolute atomic E-state index is 5.66. The fraction of sp³-hybridized carbons (Fsp3) is 0.357. The third-order valence-corrected chi connectivity index (χ3v) is 3.99. The van der Waals surface area contributed by atoms with Crippen molar-refractivity contribution in [2.24, 2.45) is 5.73 Å². The highest BCUT2D eigenvalue weighted by molar-refractivity contribution is 7.80. The van der Waals surface area contributed by atoms with Crippen LogP contribution in [-0.4, -0.2) is 21.4 Å². The Morgan fingerprint density at radius 3 is 2.80 bits per heavy atom. The Morgan fingerprint density at radius 2 is 2.20 bits per heavy atom. The second-order valence-corrected chi connectivity index (χ2v) is 6.18. The van der Waals surface area contributed by atoms with Crippen LogP contribution in [0, 0.1) is 0 Å². The first-order valence-electron chi connectivity index (χ1n) is 6.41. The predicted molar refractivity (Wildman–Crippen MR) is 88.4 cm³/mol. The highest BCUT2D eigenvalue weighted by atomic mass is 32.1. The topological polar surface area (TPSA) is 55.0 Å². The van der Waals surface area contributed by atoms with E-state index in [2.05, 4.69) is 34.2 Å². The Kier molecular flexibility index (Phi) is 4.67. The van der Waals surface area contributed by atoms with Gasteiger partial charge in [-0.2, -0.15) is 4.37 Å². The van der Waals surface area contributed by atoms with E-state index in [9.17, 15) is 0 Å². The lowest BCUT2D eigenvalue weighted by Gasteiger charge is -2.15. The molecule has 0 aliphatic carbocycles. The molecule has 2 rings (SSSR count). The molecule has 106 valence electrons. The normalized spacial score (nSPS) is 10.8. The van der Waals surface area contributed by atoms with E-state index in [-0.39, 0.29) is 0 Å². The lowest BCUT2D eigenvalue weighted by molar-refractivity contribution is 0.792. The summed E-state index contributed by atoms with van der Waals surface area (Å²) in [7, 11) is 2.01. The summed E-state index contributed by atoms with van der Waals surface area (Å²) in [6, 6.07) is 7.97. The largest absolute Gasteiger partial charge is 0.389 e. The summed E-state index contributed by atoms with van der Waals surface area (Å²) in [6.07, 6.45) is 0. The number of rotatable bonds is 5. The Balaban J connectivity index is 2.12. The number of benzene rings is 1. The zero-order valence-electron chi connectivity index (χ0n) is 11.8. The van der Waals surface area contributed by atoms with Gasteiger partial charge in [-0.1, -0.05) is 44.3 Å². The van der Waals surface area contributed by atoms with Crippen LogP contribution in [0.15, 0.2) is 24.3 Å². The fourth-order valence-electron chi connectivity index (χ4n) is 1.78. The molecule has 0 spiro atoms. The van der Waals surface area contributed by atoms with Crippen molar-refractivity contribution in [1.29, 1.82) is 0 Å². The van der Waals surface area contributed by atoms with Crippen molar-refractivity contribution in [3.8, 4) is 0 Å². The van der Waals surface area contributed by atoms with Crippen molar-refractivity contribution < 1.29 is 0 Å². The van der Waals surface area contributed by atoms with Crippen molar-refractivity contribution in [1.82, 2.24) is 9.36 Å². The molecule has 0 bridgehead atoms. The van der Waals surface area contributed by atoms with Gasteiger partial charge >= 0.3 is 0 Å². The summed E-state index contributed by atoms with van der Waals surface area (Å²) >= 11 is 6.43. The van der Waals surface area contributed by atoms with Gasteiger partial charge in [-0.3, -0.25) is 0 Å². The molecule has 1 heterocycles. The average molecular weight is 306 g/mol. The van der Waals surface area contributed by atoms with Crippen LogP contribution >= 0.6 is 23.8 Å². The van der Waals surface area contributed by atoms with Gasteiger partial charge < -0.3 is 10.6 Å². The van der Waals surface area contributed by atoms with Crippen molar-refractivity contribution in [3.63, 3.8) is 0 Å². The van der Waals surface area contributed by atoms with Crippen LogP contribution in [0.5, 0.6) is 0 Å². The van der Waals surface area contributed by atoms with Crippen molar-refractivity contribution in [2.75, 3.05) is 11.9 Å². The van der Waals surface area contributed by atoms with Gasteiger partial charge in [0.25, 0.3) is 0 Å². The molecule has 0 fully saturated rings. The molecule has 0 aliphatic rings. The number of nitrogens with zero attached hydrogens (tertiary/aromatic N) is 3. The lowest BCUT2D eigenvalue weighted by atomic mass is 10.1. The van der Waals surface area contributed by atoms with E-state index in [0.29, 0.717) is 10.9 Å². The Labute approximate surface area is 128 Å². The average Bonchev–Trinajstić information content (AvgIpc) is 2.88. The van der Waals surface area contributed by atoms with Crippen LogP contribution in [0.3, 0.4) is 0 Å².